The van der Waals surface area contributed by atoms with Crippen molar-refractivity contribution in [2.24, 2.45) is 5.73 Å². The largest absolute Gasteiger partial charge is 0.467 e. The second-order valence-electron chi connectivity index (χ2n) is 4.13. The van der Waals surface area contributed by atoms with E-state index in [1.165, 1.54) is 30.2 Å². The number of methoxy groups -OCH3 is 1. The standard InChI is InChI=1S/C13H15N3O2S2/c1-18-11(17)13(14,10-5-3-2-4-6-10)7-8-19-12-16-15-9-20-12/h2-6,9H,7-8,14H2,1H3. The third-order valence-electron chi connectivity index (χ3n) is 2.90. The Morgan fingerprint density at radius 1 is 1.45 bits per heavy atom. The molecule has 1 atom stereocenters. The van der Waals surface area contributed by atoms with Gasteiger partial charge in [0, 0.05) is 5.75 Å². The lowest BCUT2D eigenvalue weighted by molar-refractivity contribution is -0.147. The van der Waals surface area contributed by atoms with Gasteiger partial charge in [0.1, 0.15) is 11.0 Å². The first kappa shape index (κ1) is 15.0. The number of esters is 1. The van der Waals surface area contributed by atoms with E-state index in [1.807, 2.05) is 30.3 Å². The van der Waals surface area contributed by atoms with Crippen molar-refractivity contribution in [2.75, 3.05) is 12.9 Å². The Morgan fingerprint density at radius 2 is 2.20 bits per heavy atom. The van der Waals surface area contributed by atoms with Crippen LogP contribution < -0.4 is 5.73 Å². The number of benzene rings is 1. The van der Waals surface area contributed by atoms with Gasteiger partial charge in [0.25, 0.3) is 0 Å². The van der Waals surface area contributed by atoms with E-state index in [0.717, 1.165) is 9.90 Å². The van der Waals surface area contributed by atoms with Crippen LogP contribution in [0.15, 0.2) is 40.2 Å². The molecule has 0 radical (unpaired) electrons. The molecule has 1 heterocycles. The molecular weight excluding hydrogens is 294 g/mol. The lowest BCUT2D eigenvalue weighted by Gasteiger charge is -2.26. The second kappa shape index (κ2) is 6.83. The molecule has 1 aromatic carbocycles. The highest BCUT2D eigenvalue weighted by molar-refractivity contribution is 8.00. The average molecular weight is 309 g/mol. The van der Waals surface area contributed by atoms with Crippen LogP contribution in [0.4, 0.5) is 0 Å². The van der Waals surface area contributed by atoms with Gasteiger partial charge in [-0.3, -0.25) is 0 Å². The number of carbonyl (C=O) groups is 1. The van der Waals surface area contributed by atoms with Gasteiger partial charge in [-0.1, -0.05) is 53.4 Å². The molecular formula is C13H15N3O2S2. The maximum atomic E-state index is 12.0. The van der Waals surface area contributed by atoms with Crippen molar-refractivity contribution < 1.29 is 9.53 Å². The minimum Gasteiger partial charge on any atom is -0.467 e. The molecule has 2 rings (SSSR count). The first-order valence-electron chi connectivity index (χ1n) is 5.98. The van der Waals surface area contributed by atoms with E-state index in [-0.39, 0.29) is 0 Å². The topological polar surface area (TPSA) is 78.1 Å². The van der Waals surface area contributed by atoms with Crippen LogP contribution in [-0.4, -0.2) is 29.0 Å². The molecule has 0 saturated carbocycles. The molecule has 1 unspecified atom stereocenters. The average Bonchev–Trinajstić information content (AvgIpc) is 3.00. The predicted molar refractivity (Wildman–Crippen MR) is 79.6 cm³/mol. The number of hydrogen-bond donors (Lipinski definition) is 1. The van der Waals surface area contributed by atoms with E-state index in [2.05, 4.69) is 10.2 Å². The zero-order chi connectivity index (χ0) is 14.4. The number of nitrogens with two attached hydrogens (primary N) is 1. The molecule has 0 aliphatic heterocycles. The van der Waals surface area contributed by atoms with Gasteiger partial charge in [0.05, 0.1) is 7.11 Å². The number of thioether (sulfide) groups is 1. The van der Waals surface area contributed by atoms with Crippen LogP contribution in [0.3, 0.4) is 0 Å². The fourth-order valence-electron chi connectivity index (χ4n) is 1.81. The Morgan fingerprint density at radius 3 is 2.80 bits per heavy atom. The molecule has 1 aromatic heterocycles. The summed E-state index contributed by atoms with van der Waals surface area (Å²) in [6.07, 6.45) is 0.466. The van der Waals surface area contributed by atoms with Crippen LogP contribution in [0.2, 0.25) is 0 Å². The minimum atomic E-state index is -1.13. The van der Waals surface area contributed by atoms with E-state index >= 15 is 0 Å². The van der Waals surface area contributed by atoms with Gasteiger partial charge >= 0.3 is 5.97 Å². The lowest BCUT2D eigenvalue weighted by Crippen LogP contribution is -2.46. The van der Waals surface area contributed by atoms with Crippen molar-refractivity contribution in [1.29, 1.82) is 0 Å². The van der Waals surface area contributed by atoms with E-state index in [0.29, 0.717) is 12.2 Å². The quantitative estimate of drug-likeness (QED) is 0.650. The van der Waals surface area contributed by atoms with Gasteiger partial charge < -0.3 is 10.5 Å². The maximum Gasteiger partial charge on any atom is 0.330 e. The number of ether oxygens (including phenoxy) is 1. The van der Waals surface area contributed by atoms with Crippen molar-refractivity contribution in [3.63, 3.8) is 0 Å². The number of rotatable bonds is 6. The number of aromatic nitrogens is 2. The predicted octanol–water partition coefficient (Wildman–Crippen LogP) is 2.05. The van der Waals surface area contributed by atoms with Crippen molar-refractivity contribution in [3.05, 3.63) is 41.4 Å². The molecule has 5 nitrogen and oxygen atoms in total. The zero-order valence-corrected chi connectivity index (χ0v) is 12.6. The smallest absolute Gasteiger partial charge is 0.330 e. The molecule has 0 bridgehead atoms. The van der Waals surface area contributed by atoms with Gasteiger partial charge in [-0.05, 0) is 12.0 Å². The lowest BCUT2D eigenvalue weighted by atomic mass is 9.88. The van der Waals surface area contributed by atoms with Crippen LogP contribution in [0.25, 0.3) is 0 Å². The van der Waals surface area contributed by atoms with Gasteiger partial charge in [-0.25, -0.2) is 4.79 Å². The highest BCUT2D eigenvalue weighted by Gasteiger charge is 2.36. The molecule has 0 aliphatic rings. The molecule has 2 N–H and O–H groups in total. The molecule has 0 aliphatic carbocycles. The van der Waals surface area contributed by atoms with Crippen LogP contribution >= 0.6 is 23.1 Å². The Kier molecular flexibility index (Phi) is 5.11. The SMILES string of the molecule is COC(=O)C(N)(CCSc1nncs1)c1ccccc1. The number of nitrogens with zero attached hydrogens (tertiary/aromatic N) is 2. The summed E-state index contributed by atoms with van der Waals surface area (Å²) >= 11 is 3.00. The first-order valence-corrected chi connectivity index (χ1v) is 7.85. The maximum absolute atomic E-state index is 12.0. The molecule has 0 fully saturated rings. The summed E-state index contributed by atoms with van der Waals surface area (Å²) in [6.45, 7) is 0. The van der Waals surface area contributed by atoms with E-state index in [1.54, 1.807) is 5.51 Å². The molecule has 7 heteroatoms. The summed E-state index contributed by atoms with van der Waals surface area (Å²) < 4.78 is 5.72. The van der Waals surface area contributed by atoms with Crippen LogP contribution in [0, 0.1) is 0 Å². The molecule has 20 heavy (non-hydrogen) atoms. The van der Waals surface area contributed by atoms with Crippen molar-refractivity contribution in [3.8, 4) is 0 Å². The Labute approximate surface area is 125 Å². The molecule has 0 amide bonds. The zero-order valence-electron chi connectivity index (χ0n) is 11.0. The van der Waals surface area contributed by atoms with Gasteiger partial charge in [0.15, 0.2) is 4.34 Å². The summed E-state index contributed by atoms with van der Waals surface area (Å²) in [7, 11) is 1.35. The summed E-state index contributed by atoms with van der Waals surface area (Å²) in [5.41, 5.74) is 7.59. The van der Waals surface area contributed by atoms with Crippen molar-refractivity contribution in [1.82, 2.24) is 10.2 Å². The van der Waals surface area contributed by atoms with Crippen molar-refractivity contribution in [2.45, 2.75) is 16.3 Å². The third-order valence-corrected chi connectivity index (χ3v) is 4.76. The van der Waals surface area contributed by atoms with E-state index in [4.69, 9.17) is 10.5 Å². The molecule has 106 valence electrons. The van der Waals surface area contributed by atoms with E-state index in [9.17, 15) is 4.79 Å². The normalized spacial score (nSPS) is 13.7. The summed E-state index contributed by atoms with van der Waals surface area (Å²) in [5.74, 6) is 0.233. The van der Waals surface area contributed by atoms with Crippen LogP contribution in [-0.2, 0) is 15.1 Å². The monoisotopic (exact) mass is 309 g/mol. The fraction of sp³-hybridized carbons (Fsp3) is 0.308. The summed E-state index contributed by atoms with van der Waals surface area (Å²) in [5, 5.41) is 7.72. The van der Waals surface area contributed by atoms with Gasteiger partial charge in [-0.2, -0.15) is 0 Å². The Bertz CT molecular complexity index is 548. The van der Waals surface area contributed by atoms with Gasteiger partial charge in [0.2, 0.25) is 0 Å². The third kappa shape index (κ3) is 3.36. The van der Waals surface area contributed by atoms with Crippen LogP contribution in [0.1, 0.15) is 12.0 Å². The summed E-state index contributed by atoms with van der Waals surface area (Å²) in [4.78, 5) is 12.0. The number of carbonyl (C=O) groups excluding carboxylic acids is 1. The molecule has 0 spiro atoms. The number of hydrogen-bond acceptors (Lipinski definition) is 7. The van der Waals surface area contributed by atoms with Crippen LogP contribution in [0.5, 0.6) is 0 Å². The molecule has 0 saturated heterocycles. The first-order chi connectivity index (χ1) is 9.66. The minimum absolute atomic E-state index is 0.429. The highest BCUT2D eigenvalue weighted by atomic mass is 32.2. The second-order valence-corrected chi connectivity index (χ2v) is 6.31. The Balaban J connectivity index is 2.09. The molecule has 2 aromatic rings. The highest BCUT2D eigenvalue weighted by Crippen LogP contribution is 2.28. The Hall–Kier alpha value is -1.44. The van der Waals surface area contributed by atoms with Crippen molar-refractivity contribution >= 4 is 29.1 Å². The fourth-order valence-corrected chi connectivity index (χ4v) is 3.44. The van der Waals surface area contributed by atoms with E-state index < -0.39 is 11.5 Å². The summed E-state index contributed by atoms with van der Waals surface area (Å²) in [6, 6.07) is 9.28. The van der Waals surface area contributed by atoms with Gasteiger partial charge in [-0.15, -0.1) is 10.2 Å².